The Hall–Kier alpha value is -1.84. The molecule has 0 saturated carbocycles. The van der Waals surface area contributed by atoms with Gasteiger partial charge in [0.15, 0.2) is 0 Å². The normalized spacial score (nSPS) is 9.95. The summed E-state index contributed by atoms with van der Waals surface area (Å²) < 4.78 is 0. The Morgan fingerprint density at radius 2 is 1.79 bits per heavy atom. The third-order valence-corrected chi connectivity index (χ3v) is 2.78. The molecule has 1 rings (SSSR count). The summed E-state index contributed by atoms with van der Waals surface area (Å²) in [6.45, 7) is 2.81. The number of hydrogen-bond acceptors (Lipinski definition) is 2. The highest BCUT2D eigenvalue weighted by Crippen LogP contribution is 2.01. The summed E-state index contributed by atoms with van der Waals surface area (Å²) in [6.07, 6.45) is 3.12. The first kappa shape index (κ1) is 15.2. The number of carbonyl (C=O) groups is 2. The van der Waals surface area contributed by atoms with Crippen LogP contribution in [-0.2, 0) is 16.0 Å². The average Bonchev–Trinajstić information content (AvgIpc) is 2.44. The van der Waals surface area contributed by atoms with Gasteiger partial charge >= 0.3 is 0 Å². The van der Waals surface area contributed by atoms with Crippen LogP contribution in [0.1, 0.15) is 31.7 Å². The van der Waals surface area contributed by atoms with Crippen molar-refractivity contribution in [1.29, 1.82) is 0 Å². The fourth-order valence-electron chi connectivity index (χ4n) is 1.64. The lowest BCUT2D eigenvalue weighted by Gasteiger charge is -2.06. The molecule has 4 nitrogen and oxygen atoms in total. The third-order valence-electron chi connectivity index (χ3n) is 2.78. The van der Waals surface area contributed by atoms with Gasteiger partial charge in [-0.25, -0.2) is 0 Å². The molecular weight excluding hydrogens is 240 g/mol. The number of nitrogens with one attached hydrogen (secondary N) is 2. The van der Waals surface area contributed by atoms with Gasteiger partial charge in [-0.2, -0.15) is 0 Å². The minimum atomic E-state index is -0.124. The SMILES string of the molecule is CCCCNC(=O)CNC(=O)CCc1ccccc1. The molecule has 1 aromatic rings. The van der Waals surface area contributed by atoms with Crippen LogP contribution in [0.15, 0.2) is 30.3 Å². The Morgan fingerprint density at radius 3 is 2.47 bits per heavy atom. The summed E-state index contributed by atoms with van der Waals surface area (Å²) >= 11 is 0. The number of unbranched alkanes of at least 4 members (excludes halogenated alkanes) is 1. The van der Waals surface area contributed by atoms with Gasteiger partial charge in [0.25, 0.3) is 0 Å². The summed E-state index contributed by atoms with van der Waals surface area (Å²) in [5, 5.41) is 5.39. The van der Waals surface area contributed by atoms with E-state index in [9.17, 15) is 9.59 Å². The molecule has 1 aromatic carbocycles. The lowest BCUT2D eigenvalue weighted by molar-refractivity contribution is -0.126. The zero-order valence-corrected chi connectivity index (χ0v) is 11.4. The van der Waals surface area contributed by atoms with Gasteiger partial charge in [-0.3, -0.25) is 9.59 Å². The molecule has 0 aliphatic carbocycles. The molecule has 0 aliphatic rings. The fourth-order valence-corrected chi connectivity index (χ4v) is 1.64. The maximum absolute atomic E-state index is 11.6. The highest BCUT2D eigenvalue weighted by molar-refractivity contribution is 5.84. The zero-order chi connectivity index (χ0) is 13.9. The van der Waals surface area contributed by atoms with E-state index in [1.54, 1.807) is 0 Å². The quantitative estimate of drug-likeness (QED) is 0.700. The zero-order valence-electron chi connectivity index (χ0n) is 11.4. The highest BCUT2D eigenvalue weighted by atomic mass is 16.2. The third kappa shape index (κ3) is 7.24. The summed E-state index contributed by atoms with van der Waals surface area (Å²) in [5.74, 6) is -0.212. The molecule has 0 saturated heterocycles. The summed E-state index contributed by atoms with van der Waals surface area (Å²) in [6, 6.07) is 9.84. The summed E-state index contributed by atoms with van der Waals surface area (Å²) in [5.41, 5.74) is 1.13. The molecule has 0 atom stereocenters. The lowest BCUT2D eigenvalue weighted by Crippen LogP contribution is -2.37. The standard InChI is InChI=1S/C15H22N2O2/c1-2-3-11-16-15(19)12-17-14(18)10-9-13-7-5-4-6-8-13/h4-8H,2-3,9-12H2,1H3,(H,16,19)(H,17,18). The van der Waals surface area contributed by atoms with Crippen molar-refractivity contribution in [2.75, 3.05) is 13.1 Å². The topological polar surface area (TPSA) is 58.2 Å². The second-order valence-corrected chi connectivity index (χ2v) is 4.47. The molecule has 2 N–H and O–H groups in total. The molecule has 0 aliphatic heterocycles. The van der Waals surface area contributed by atoms with Crippen LogP contribution in [0.25, 0.3) is 0 Å². The lowest BCUT2D eigenvalue weighted by atomic mass is 10.1. The molecule has 0 spiro atoms. The van der Waals surface area contributed by atoms with E-state index in [2.05, 4.69) is 17.6 Å². The Morgan fingerprint density at radius 1 is 1.05 bits per heavy atom. The van der Waals surface area contributed by atoms with Crippen molar-refractivity contribution in [2.24, 2.45) is 0 Å². The van der Waals surface area contributed by atoms with Crippen LogP contribution in [0.4, 0.5) is 0 Å². The minimum Gasteiger partial charge on any atom is -0.355 e. The largest absolute Gasteiger partial charge is 0.355 e. The maximum atomic E-state index is 11.6. The first-order valence-corrected chi connectivity index (χ1v) is 6.79. The van der Waals surface area contributed by atoms with Crippen molar-refractivity contribution in [1.82, 2.24) is 10.6 Å². The second-order valence-electron chi connectivity index (χ2n) is 4.47. The van der Waals surface area contributed by atoms with Gasteiger partial charge in [0, 0.05) is 13.0 Å². The molecular formula is C15H22N2O2. The van der Waals surface area contributed by atoms with E-state index in [-0.39, 0.29) is 18.4 Å². The number of aryl methyl sites for hydroxylation is 1. The van der Waals surface area contributed by atoms with Gasteiger partial charge in [0.2, 0.25) is 11.8 Å². The Bertz CT molecular complexity index is 390. The van der Waals surface area contributed by atoms with Gasteiger partial charge < -0.3 is 10.6 Å². The molecule has 0 fully saturated rings. The number of amides is 2. The molecule has 0 aromatic heterocycles. The molecule has 0 heterocycles. The first-order chi connectivity index (χ1) is 9.22. The molecule has 2 amide bonds. The van der Waals surface area contributed by atoms with Crippen molar-refractivity contribution < 1.29 is 9.59 Å². The Balaban J connectivity index is 2.12. The molecule has 104 valence electrons. The number of carbonyl (C=O) groups excluding carboxylic acids is 2. The Kier molecular flexibility index (Phi) is 7.32. The molecule has 0 bridgehead atoms. The van der Waals surface area contributed by atoms with Crippen LogP contribution in [0, 0.1) is 0 Å². The van der Waals surface area contributed by atoms with Crippen LogP contribution in [-0.4, -0.2) is 24.9 Å². The van der Waals surface area contributed by atoms with Crippen molar-refractivity contribution in [3.63, 3.8) is 0 Å². The van der Waals surface area contributed by atoms with Gasteiger partial charge in [-0.05, 0) is 18.4 Å². The van der Waals surface area contributed by atoms with E-state index >= 15 is 0 Å². The highest BCUT2D eigenvalue weighted by Gasteiger charge is 2.05. The summed E-state index contributed by atoms with van der Waals surface area (Å²) in [4.78, 5) is 22.9. The van der Waals surface area contributed by atoms with E-state index in [1.165, 1.54) is 0 Å². The smallest absolute Gasteiger partial charge is 0.239 e. The van der Waals surface area contributed by atoms with Crippen molar-refractivity contribution >= 4 is 11.8 Å². The van der Waals surface area contributed by atoms with Gasteiger partial charge in [0.1, 0.15) is 0 Å². The van der Waals surface area contributed by atoms with E-state index in [0.717, 1.165) is 18.4 Å². The first-order valence-electron chi connectivity index (χ1n) is 6.79. The van der Waals surface area contributed by atoms with Crippen LogP contribution in [0.2, 0.25) is 0 Å². The van der Waals surface area contributed by atoms with E-state index in [1.807, 2.05) is 30.3 Å². The molecule has 19 heavy (non-hydrogen) atoms. The van der Waals surface area contributed by atoms with Gasteiger partial charge in [-0.1, -0.05) is 43.7 Å². The van der Waals surface area contributed by atoms with E-state index in [0.29, 0.717) is 19.4 Å². The van der Waals surface area contributed by atoms with E-state index < -0.39 is 0 Å². The predicted octanol–water partition coefficient (Wildman–Crippen LogP) is 1.65. The van der Waals surface area contributed by atoms with Crippen LogP contribution in [0.3, 0.4) is 0 Å². The average molecular weight is 262 g/mol. The van der Waals surface area contributed by atoms with Crippen LogP contribution >= 0.6 is 0 Å². The molecule has 0 unspecified atom stereocenters. The number of hydrogen-bond donors (Lipinski definition) is 2. The second kappa shape index (κ2) is 9.14. The molecule has 0 radical (unpaired) electrons. The van der Waals surface area contributed by atoms with Gasteiger partial charge in [-0.15, -0.1) is 0 Å². The minimum absolute atomic E-state index is 0.0668. The van der Waals surface area contributed by atoms with Gasteiger partial charge in [0.05, 0.1) is 6.54 Å². The van der Waals surface area contributed by atoms with Crippen molar-refractivity contribution in [2.45, 2.75) is 32.6 Å². The van der Waals surface area contributed by atoms with Crippen molar-refractivity contribution in [3.05, 3.63) is 35.9 Å². The number of benzene rings is 1. The molecule has 4 heteroatoms. The van der Waals surface area contributed by atoms with Crippen LogP contribution in [0.5, 0.6) is 0 Å². The van der Waals surface area contributed by atoms with Crippen molar-refractivity contribution in [3.8, 4) is 0 Å². The fraction of sp³-hybridized carbons (Fsp3) is 0.467. The summed E-state index contributed by atoms with van der Waals surface area (Å²) in [7, 11) is 0. The number of rotatable bonds is 8. The monoisotopic (exact) mass is 262 g/mol. The predicted molar refractivity (Wildman–Crippen MR) is 75.7 cm³/mol. The van der Waals surface area contributed by atoms with E-state index in [4.69, 9.17) is 0 Å². The maximum Gasteiger partial charge on any atom is 0.239 e. The Labute approximate surface area is 114 Å². The van der Waals surface area contributed by atoms with Crippen LogP contribution < -0.4 is 10.6 Å².